The summed E-state index contributed by atoms with van der Waals surface area (Å²) in [6.07, 6.45) is 3.35. The monoisotopic (exact) mass is 285 g/mol. The third-order valence-electron chi connectivity index (χ3n) is 2.98. The standard InChI is InChI=1S/C15H12ClN3O/c16-12-7-10(1-4-15(12)20)9-19-11-2-3-13-14(8-11)18-6-5-17-13/h1-8,19-20H,9H2. The molecule has 0 fully saturated rings. The van der Waals surface area contributed by atoms with Crippen LogP contribution in [0.5, 0.6) is 5.75 Å². The molecular formula is C15H12ClN3O. The Balaban J connectivity index is 1.77. The molecule has 2 aromatic carbocycles. The van der Waals surface area contributed by atoms with Crippen molar-refractivity contribution in [2.45, 2.75) is 6.54 Å². The van der Waals surface area contributed by atoms with Crippen molar-refractivity contribution < 1.29 is 5.11 Å². The van der Waals surface area contributed by atoms with Crippen molar-refractivity contribution in [2.75, 3.05) is 5.32 Å². The van der Waals surface area contributed by atoms with Crippen LogP contribution in [0.15, 0.2) is 48.8 Å². The molecule has 0 radical (unpaired) electrons. The van der Waals surface area contributed by atoms with E-state index in [-0.39, 0.29) is 5.75 Å². The van der Waals surface area contributed by atoms with Crippen LogP contribution >= 0.6 is 11.6 Å². The molecule has 3 rings (SSSR count). The van der Waals surface area contributed by atoms with E-state index in [1.165, 1.54) is 0 Å². The van der Waals surface area contributed by atoms with Crippen LogP contribution in [0.25, 0.3) is 11.0 Å². The molecule has 0 atom stereocenters. The molecule has 1 heterocycles. The van der Waals surface area contributed by atoms with E-state index in [9.17, 15) is 5.11 Å². The van der Waals surface area contributed by atoms with Crippen molar-refractivity contribution in [1.82, 2.24) is 9.97 Å². The van der Waals surface area contributed by atoms with E-state index in [1.54, 1.807) is 24.5 Å². The summed E-state index contributed by atoms with van der Waals surface area (Å²) >= 11 is 5.88. The minimum atomic E-state index is 0.0939. The number of halogens is 1. The average molecular weight is 286 g/mol. The fraction of sp³-hybridized carbons (Fsp3) is 0.0667. The van der Waals surface area contributed by atoms with Crippen molar-refractivity contribution in [3.63, 3.8) is 0 Å². The molecular weight excluding hydrogens is 274 g/mol. The Hall–Kier alpha value is -2.33. The maximum absolute atomic E-state index is 9.38. The molecule has 3 aromatic rings. The average Bonchev–Trinajstić information content (AvgIpc) is 2.48. The van der Waals surface area contributed by atoms with Gasteiger partial charge in [-0.05, 0) is 35.9 Å². The third kappa shape index (κ3) is 2.65. The first-order valence-corrected chi connectivity index (χ1v) is 6.52. The number of aromatic nitrogens is 2. The van der Waals surface area contributed by atoms with Crippen LogP contribution in [0.1, 0.15) is 5.56 Å². The Bertz CT molecular complexity index is 761. The Morgan fingerprint density at radius 3 is 2.60 bits per heavy atom. The molecule has 0 unspecified atom stereocenters. The van der Waals surface area contributed by atoms with E-state index in [1.807, 2.05) is 24.3 Å². The minimum absolute atomic E-state index is 0.0939. The van der Waals surface area contributed by atoms with E-state index in [0.717, 1.165) is 22.3 Å². The maximum Gasteiger partial charge on any atom is 0.134 e. The molecule has 4 nitrogen and oxygen atoms in total. The van der Waals surface area contributed by atoms with Crippen molar-refractivity contribution in [1.29, 1.82) is 0 Å². The molecule has 100 valence electrons. The molecule has 20 heavy (non-hydrogen) atoms. The first-order chi connectivity index (χ1) is 9.72. The lowest BCUT2D eigenvalue weighted by Gasteiger charge is -2.08. The van der Waals surface area contributed by atoms with Gasteiger partial charge in [0, 0.05) is 24.6 Å². The first kappa shape index (κ1) is 12.7. The summed E-state index contributed by atoms with van der Waals surface area (Å²) in [6, 6.07) is 11.0. The molecule has 0 spiro atoms. The molecule has 0 saturated heterocycles. The van der Waals surface area contributed by atoms with Gasteiger partial charge in [0.2, 0.25) is 0 Å². The van der Waals surface area contributed by atoms with E-state index in [0.29, 0.717) is 11.6 Å². The zero-order chi connectivity index (χ0) is 13.9. The van der Waals surface area contributed by atoms with Crippen molar-refractivity contribution in [3.05, 3.63) is 59.4 Å². The summed E-state index contributed by atoms with van der Waals surface area (Å²) in [7, 11) is 0. The topological polar surface area (TPSA) is 58.0 Å². The van der Waals surface area contributed by atoms with E-state index < -0.39 is 0 Å². The molecule has 0 aliphatic heterocycles. The summed E-state index contributed by atoms with van der Waals surface area (Å²) in [5, 5.41) is 13.0. The van der Waals surface area contributed by atoms with Gasteiger partial charge in [-0.15, -0.1) is 0 Å². The number of nitrogens with one attached hydrogen (secondary N) is 1. The van der Waals surface area contributed by atoms with E-state index in [2.05, 4.69) is 15.3 Å². The van der Waals surface area contributed by atoms with Crippen LogP contribution in [0.4, 0.5) is 5.69 Å². The SMILES string of the molecule is Oc1ccc(CNc2ccc3nccnc3c2)cc1Cl. The predicted octanol–water partition coefficient (Wildman–Crippen LogP) is 3.60. The highest BCUT2D eigenvalue weighted by atomic mass is 35.5. The maximum atomic E-state index is 9.38. The van der Waals surface area contributed by atoms with Gasteiger partial charge in [-0.1, -0.05) is 17.7 Å². The highest BCUT2D eigenvalue weighted by Crippen LogP contribution is 2.24. The largest absolute Gasteiger partial charge is 0.506 e. The lowest BCUT2D eigenvalue weighted by molar-refractivity contribution is 0.475. The number of benzene rings is 2. The Morgan fingerprint density at radius 2 is 1.80 bits per heavy atom. The minimum Gasteiger partial charge on any atom is -0.506 e. The number of aromatic hydroxyl groups is 1. The van der Waals surface area contributed by atoms with Crippen molar-refractivity contribution in [2.24, 2.45) is 0 Å². The van der Waals surface area contributed by atoms with Crippen LogP contribution in [0, 0.1) is 0 Å². The van der Waals surface area contributed by atoms with Gasteiger partial charge in [0.05, 0.1) is 16.1 Å². The zero-order valence-electron chi connectivity index (χ0n) is 10.5. The fourth-order valence-corrected chi connectivity index (χ4v) is 2.14. The molecule has 0 aliphatic carbocycles. The summed E-state index contributed by atoms with van der Waals surface area (Å²) in [6.45, 7) is 0.617. The van der Waals surface area contributed by atoms with Gasteiger partial charge in [-0.2, -0.15) is 0 Å². The van der Waals surface area contributed by atoms with Crippen LogP contribution in [0.2, 0.25) is 5.02 Å². The molecule has 0 amide bonds. The second-order valence-corrected chi connectivity index (χ2v) is 4.81. The molecule has 5 heteroatoms. The van der Waals surface area contributed by atoms with Crippen molar-refractivity contribution >= 4 is 28.3 Å². The molecule has 0 aliphatic rings. The number of phenols is 1. The quantitative estimate of drug-likeness (QED) is 0.772. The van der Waals surface area contributed by atoms with Crippen LogP contribution < -0.4 is 5.32 Å². The highest BCUT2D eigenvalue weighted by Gasteiger charge is 2.01. The fourth-order valence-electron chi connectivity index (χ4n) is 1.94. The Morgan fingerprint density at radius 1 is 1.00 bits per heavy atom. The smallest absolute Gasteiger partial charge is 0.134 e. The molecule has 2 N–H and O–H groups in total. The number of hydrogen-bond acceptors (Lipinski definition) is 4. The number of anilines is 1. The normalized spacial score (nSPS) is 10.7. The lowest BCUT2D eigenvalue weighted by atomic mass is 10.2. The summed E-state index contributed by atoms with van der Waals surface area (Å²) in [4.78, 5) is 8.49. The Labute approximate surface area is 121 Å². The van der Waals surface area contributed by atoms with Gasteiger partial charge in [0.1, 0.15) is 5.75 Å². The first-order valence-electron chi connectivity index (χ1n) is 6.14. The van der Waals surface area contributed by atoms with Crippen LogP contribution in [0.3, 0.4) is 0 Å². The predicted molar refractivity (Wildman–Crippen MR) is 80.0 cm³/mol. The van der Waals surface area contributed by atoms with Crippen LogP contribution in [-0.4, -0.2) is 15.1 Å². The van der Waals surface area contributed by atoms with Gasteiger partial charge in [-0.3, -0.25) is 9.97 Å². The van der Waals surface area contributed by atoms with Crippen molar-refractivity contribution in [3.8, 4) is 5.75 Å². The summed E-state index contributed by atoms with van der Waals surface area (Å²) in [5.74, 6) is 0.0939. The Kier molecular flexibility index (Phi) is 3.39. The molecule has 0 bridgehead atoms. The third-order valence-corrected chi connectivity index (χ3v) is 3.28. The number of nitrogens with zero attached hydrogens (tertiary/aromatic N) is 2. The molecule has 1 aromatic heterocycles. The second kappa shape index (κ2) is 5.35. The molecule has 0 saturated carbocycles. The number of rotatable bonds is 3. The number of fused-ring (bicyclic) bond motifs is 1. The highest BCUT2D eigenvalue weighted by molar-refractivity contribution is 6.32. The van der Waals surface area contributed by atoms with Gasteiger partial charge in [-0.25, -0.2) is 0 Å². The van der Waals surface area contributed by atoms with E-state index >= 15 is 0 Å². The second-order valence-electron chi connectivity index (χ2n) is 4.40. The van der Waals surface area contributed by atoms with Gasteiger partial charge in [0.15, 0.2) is 0 Å². The zero-order valence-corrected chi connectivity index (χ0v) is 11.3. The van der Waals surface area contributed by atoms with Gasteiger partial charge < -0.3 is 10.4 Å². The summed E-state index contributed by atoms with van der Waals surface area (Å²) < 4.78 is 0. The van der Waals surface area contributed by atoms with Crippen LogP contribution in [-0.2, 0) is 6.54 Å². The van der Waals surface area contributed by atoms with E-state index in [4.69, 9.17) is 11.6 Å². The number of phenolic OH excluding ortho intramolecular Hbond substituents is 1. The lowest BCUT2D eigenvalue weighted by Crippen LogP contribution is -1.99. The van der Waals surface area contributed by atoms with Gasteiger partial charge >= 0.3 is 0 Å². The number of hydrogen-bond donors (Lipinski definition) is 2. The summed E-state index contributed by atoms with van der Waals surface area (Å²) in [5.41, 5.74) is 3.67. The van der Waals surface area contributed by atoms with Gasteiger partial charge in [0.25, 0.3) is 0 Å².